The van der Waals surface area contributed by atoms with E-state index in [2.05, 4.69) is 35.3 Å². The number of rotatable bonds is 8. The van der Waals surface area contributed by atoms with E-state index in [1.807, 2.05) is 46.2 Å². The van der Waals surface area contributed by atoms with Gasteiger partial charge in [-0.15, -0.1) is 0 Å². The summed E-state index contributed by atoms with van der Waals surface area (Å²) in [6.07, 6.45) is 3.74. The lowest BCUT2D eigenvalue weighted by Gasteiger charge is -2.34. The average Bonchev–Trinajstić information content (AvgIpc) is 3.62. The number of furan rings is 1. The number of carbonyl (C=O) groups excluding carboxylic acids is 1. The van der Waals surface area contributed by atoms with Gasteiger partial charge in [0, 0.05) is 32.1 Å². The van der Waals surface area contributed by atoms with Crippen LogP contribution in [0.4, 0.5) is 5.88 Å². The van der Waals surface area contributed by atoms with Crippen LogP contribution in [0.5, 0.6) is 0 Å². The first-order valence-electron chi connectivity index (χ1n) is 12.3. The highest BCUT2D eigenvalue weighted by Gasteiger charge is 2.31. The van der Waals surface area contributed by atoms with E-state index < -0.39 is 0 Å². The standard InChI is InChI=1S/C29H28N4O3/c30-20-25-29(36-27(31-25)26-12-7-19-35-26)32-17-14-24(15-18-32)28(34)33(21-23-10-5-2-6-11-23)16-13-22-8-3-1-4-9-22/h1-12,19,24H,13-18,21H2. The fourth-order valence-corrected chi connectivity index (χ4v) is 4.67. The second kappa shape index (κ2) is 11.0. The van der Waals surface area contributed by atoms with Crippen LogP contribution in [0, 0.1) is 17.2 Å². The number of anilines is 1. The molecule has 4 aromatic rings. The van der Waals surface area contributed by atoms with Crippen LogP contribution in [-0.4, -0.2) is 35.4 Å². The smallest absolute Gasteiger partial charge is 0.266 e. The molecule has 7 nitrogen and oxygen atoms in total. The Balaban J connectivity index is 1.26. The summed E-state index contributed by atoms with van der Waals surface area (Å²) in [4.78, 5) is 21.9. The zero-order chi connectivity index (χ0) is 24.7. The SMILES string of the molecule is N#Cc1nc(-c2ccco2)oc1N1CCC(C(=O)N(CCc2ccccc2)Cc2ccccc2)CC1. The Hall–Kier alpha value is -4.31. The third-order valence-electron chi connectivity index (χ3n) is 6.62. The Morgan fingerprint density at radius 1 is 1.00 bits per heavy atom. The summed E-state index contributed by atoms with van der Waals surface area (Å²) in [6, 6.07) is 26.0. The van der Waals surface area contributed by atoms with Gasteiger partial charge in [0.2, 0.25) is 17.5 Å². The molecular weight excluding hydrogens is 452 g/mol. The number of nitriles is 1. The highest BCUT2D eigenvalue weighted by Crippen LogP contribution is 2.32. The number of nitrogens with zero attached hydrogens (tertiary/aromatic N) is 4. The van der Waals surface area contributed by atoms with Crippen molar-refractivity contribution in [1.82, 2.24) is 9.88 Å². The summed E-state index contributed by atoms with van der Waals surface area (Å²) < 4.78 is 11.3. The van der Waals surface area contributed by atoms with Gasteiger partial charge in [0.1, 0.15) is 6.07 Å². The Morgan fingerprint density at radius 3 is 2.33 bits per heavy atom. The molecule has 0 saturated carbocycles. The van der Waals surface area contributed by atoms with Crippen molar-refractivity contribution < 1.29 is 13.6 Å². The molecule has 182 valence electrons. The van der Waals surface area contributed by atoms with Crippen LogP contribution in [0.1, 0.15) is 29.7 Å². The van der Waals surface area contributed by atoms with E-state index in [0.717, 1.165) is 12.0 Å². The fraction of sp³-hybridized carbons (Fsp3) is 0.276. The molecule has 3 heterocycles. The van der Waals surface area contributed by atoms with E-state index >= 15 is 0 Å². The molecule has 7 heteroatoms. The number of benzene rings is 2. The summed E-state index contributed by atoms with van der Waals surface area (Å²) in [6.45, 7) is 2.51. The number of piperidine rings is 1. The first-order valence-corrected chi connectivity index (χ1v) is 12.3. The van der Waals surface area contributed by atoms with Crippen molar-refractivity contribution in [2.24, 2.45) is 5.92 Å². The van der Waals surface area contributed by atoms with Gasteiger partial charge in [-0.05, 0) is 42.5 Å². The van der Waals surface area contributed by atoms with Gasteiger partial charge >= 0.3 is 0 Å². The van der Waals surface area contributed by atoms with Crippen LogP contribution >= 0.6 is 0 Å². The quantitative estimate of drug-likeness (QED) is 0.340. The molecule has 36 heavy (non-hydrogen) atoms. The first-order chi connectivity index (χ1) is 17.7. The van der Waals surface area contributed by atoms with Crippen molar-refractivity contribution in [3.05, 3.63) is 95.9 Å². The Bertz CT molecular complexity index is 1300. The second-order valence-corrected chi connectivity index (χ2v) is 9.00. The predicted molar refractivity (Wildman–Crippen MR) is 136 cm³/mol. The minimum absolute atomic E-state index is 0.0706. The van der Waals surface area contributed by atoms with Gasteiger partial charge in [0.25, 0.3) is 5.89 Å². The Labute approximate surface area is 210 Å². The summed E-state index contributed by atoms with van der Waals surface area (Å²) in [5.74, 6) is 1.33. The van der Waals surface area contributed by atoms with Gasteiger partial charge in [-0.25, -0.2) is 0 Å². The topological polar surface area (TPSA) is 86.5 Å². The third-order valence-corrected chi connectivity index (χ3v) is 6.62. The van der Waals surface area contributed by atoms with Crippen LogP contribution in [-0.2, 0) is 17.8 Å². The van der Waals surface area contributed by atoms with Crippen LogP contribution < -0.4 is 4.90 Å². The number of hydrogen-bond acceptors (Lipinski definition) is 6. The fourth-order valence-electron chi connectivity index (χ4n) is 4.67. The number of amides is 1. The monoisotopic (exact) mass is 480 g/mol. The first kappa shape index (κ1) is 23.4. The molecule has 1 amide bonds. The Kier molecular flexibility index (Phi) is 7.13. The van der Waals surface area contributed by atoms with Gasteiger partial charge < -0.3 is 18.6 Å². The molecule has 1 saturated heterocycles. The molecule has 2 aromatic carbocycles. The van der Waals surface area contributed by atoms with Gasteiger partial charge in [0.05, 0.1) is 6.26 Å². The molecule has 0 unspecified atom stereocenters. The molecule has 0 atom stereocenters. The second-order valence-electron chi connectivity index (χ2n) is 9.00. The maximum Gasteiger partial charge on any atom is 0.266 e. The predicted octanol–water partition coefficient (Wildman–Crippen LogP) is 5.29. The lowest BCUT2D eigenvalue weighted by molar-refractivity contribution is -0.136. The maximum atomic E-state index is 13.7. The summed E-state index contributed by atoms with van der Waals surface area (Å²) in [5, 5.41) is 9.58. The van der Waals surface area contributed by atoms with Crippen molar-refractivity contribution in [2.45, 2.75) is 25.8 Å². The van der Waals surface area contributed by atoms with Crippen LogP contribution in [0.25, 0.3) is 11.7 Å². The summed E-state index contributed by atoms with van der Waals surface area (Å²) in [7, 11) is 0. The molecule has 1 aliphatic rings. The number of oxazole rings is 1. The largest absolute Gasteiger partial charge is 0.459 e. The zero-order valence-electron chi connectivity index (χ0n) is 20.0. The van der Waals surface area contributed by atoms with Crippen LogP contribution in [0.3, 0.4) is 0 Å². The summed E-state index contributed by atoms with van der Waals surface area (Å²) in [5.41, 5.74) is 2.58. The molecule has 0 aliphatic carbocycles. The molecule has 1 fully saturated rings. The van der Waals surface area contributed by atoms with Gasteiger partial charge in [0.15, 0.2) is 5.76 Å². The third kappa shape index (κ3) is 5.33. The minimum Gasteiger partial charge on any atom is -0.459 e. The molecular formula is C29H28N4O3. The number of aromatic nitrogens is 1. The van der Waals surface area contributed by atoms with E-state index in [-0.39, 0.29) is 17.5 Å². The van der Waals surface area contributed by atoms with E-state index in [4.69, 9.17) is 8.83 Å². The average molecular weight is 481 g/mol. The molecule has 0 bridgehead atoms. The molecule has 0 spiro atoms. The van der Waals surface area contributed by atoms with Gasteiger partial charge in [-0.3, -0.25) is 4.79 Å². The van der Waals surface area contributed by atoms with Crippen molar-refractivity contribution in [3.8, 4) is 17.7 Å². The highest BCUT2D eigenvalue weighted by atomic mass is 16.4. The van der Waals surface area contributed by atoms with Gasteiger partial charge in [-0.2, -0.15) is 10.2 Å². The van der Waals surface area contributed by atoms with Crippen molar-refractivity contribution in [3.63, 3.8) is 0 Å². The molecule has 1 aliphatic heterocycles. The van der Waals surface area contributed by atoms with E-state index in [1.165, 1.54) is 5.56 Å². The number of hydrogen-bond donors (Lipinski definition) is 0. The lowest BCUT2D eigenvalue weighted by atomic mass is 9.94. The Morgan fingerprint density at radius 2 is 1.69 bits per heavy atom. The van der Waals surface area contributed by atoms with Crippen molar-refractivity contribution in [2.75, 3.05) is 24.5 Å². The maximum absolute atomic E-state index is 13.7. The van der Waals surface area contributed by atoms with E-state index in [0.29, 0.717) is 56.6 Å². The minimum atomic E-state index is -0.0706. The highest BCUT2D eigenvalue weighted by molar-refractivity contribution is 5.79. The van der Waals surface area contributed by atoms with Crippen LogP contribution in [0.2, 0.25) is 0 Å². The van der Waals surface area contributed by atoms with Crippen LogP contribution in [0.15, 0.2) is 87.9 Å². The molecule has 0 radical (unpaired) electrons. The van der Waals surface area contributed by atoms with Crippen molar-refractivity contribution >= 4 is 11.8 Å². The normalized spacial score (nSPS) is 13.9. The number of carbonyl (C=O) groups is 1. The summed E-state index contributed by atoms with van der Waals surface area (Å²) >= 11 is 0. The zero-order valence-corrected chi connectivity index (χ0v) is 20.0. The van der Waals surface area contributed by atoms with E-state index in [1.54, 1.807) is 18.4 Å². The van der Waals surface area contributed by atoms with E-state index in [9.17, 15) is 10.1 Å². The molecule has 2 aromatic heterocycles. The van der Waals surface area contributed by atoms with Crippen molar-refractivity contribution in [1.29, 1.82) is 5.26 Å². The molecule has 0 N–H and O–H groups in total. The molecule has 5 rings (SSSR count). The van der Waals surface area contributed by atoms with Gasteiger partial charge in [-0.1, -0.05) is 60.7 Å². The lowest BCUT2D eigenvalue weighted by Crippen LogP contribution is -2.43.